The van der Waals surface area contributed by atoms with E-state index >= 15 is 0 Å². The molecule has 1 atom stereocenters. The molecule has 2 aromatic rings. The van der Waals surface area contributed by atoms with Crippen LogP contribution in [0, 0.1) is 13.8 Å². The van der Waals surface area contributed by atoms with Crippen LogP contribution in [0.15, 0.2) is 30.3 Å². The molecule has 0 aliphatic carbocycles. The summed E-state index contributed by atoms with van der Waals surface area (Å²) >= 11 is 6.22. The smallest absolute Gasteiger partial charge is 0.258 e. The van der Waals surface area contributed by atoms with E-state index in [4.69, 9.17) is 11.6 Å². The van der Waals surface area contributed by atoms with Gasteiger partial charge in [-0.2, -0.15) is 0 Å². The lowest BCUT2D eigenvalue weighted by atomic mass is 9.97. The predicted octanol–water partition coefficient (Wildman–Crippen LogP) is 3.90. The summed E-state index contributed by atoms with van der Waals surface area (Å²) in [6, 6.07) is 9.46. The second-order valence-corrected chi connectivity index (χ2v) is 8.36. The molecule has 1 unspecified atom stereocenters. The Labute approximate surface area is 177 Å². The van der Waals surface area contributed by atoms with Crippen molar-refractivity contribution in [1.82, 2.24) is 10.2 Å². The molecule has 3 rings (SSSR count). The standard InChI is InChI=1S/C23H28ClN3O2/c1-14-8-16(9-15(2)20(14)12-25-3)23(29)27-13-17(10-22(28)26(4)5)19-11-18(24)6-7-21(19)27/h6-9,11,17,25H,10,12-13H2,1-5H3. The summed E-state index contributed by atoms with van der Waals surface area (Å²) in [5.74, 6) is -0.0674. The highest BCUT2D eigenvalue weighted by Crippen LogP contribution is 2.40. The summed E-state index contributed by atoms with van der Waals surface area (Å²) in [6.07, 6.45) is 0.350. The molecular weight excluding hydrogens is 386 g/mol. The zero-order valence-corrected chi connectivity index (χ0v) is 18.4. The van der Waals surface area contributed by atoms with Gasteiger partial charge in [-0.05, 0) is 73.5 Å². The number of hydrogen-bond donors (Lipinski definition) is 1. The molecule has 2 amide bonds. The highest BCUT2D eigenvalue weighted by atomic mass is 35.5. The molecule has 6 heteroatoms. The van der Waals surface area contributed by atoms with Crippen LogP contribution < -0.4 is 10.2 Å². The first kappa shape index (κ1) is 21.3. The molecule has 1 aliphatic rings. The maximum Gasteiger partial charge on any atom is 0.258 e. The second kappa shape index (κ2) is 8.56. The van der Waals surface area contributed by atoms with E-state index < -0.39 is 0 Å². The van der Waals surface area contributed by atoms with Gasteiger partial charge in [0.2, 0.25) is 5.91 Å². The van der Waals surface area contributed by atoms with E-state index in [1.165, 1.54) is 5.56 Å². The Morgan fingerprint density at radius 1 is 1.17 bits per heavy atom. The van der Waals surface area contributed by atoms with Gasteiger partial charge in [-0.3, -0.25) is 9.59 Å². The number of carbonyl (C=O) groups excluding carboxylic acids is 2. The van der Waals surface area contributed by atoms with Crippen molar-refractivity contribution in [2.75, 3.05) is 32.6 Å². The van der Waals surface area contributed by atoms with Gasteiger partial charge in [-0.1, -0.05) is 11.6 Å². The number of amides is 2. The minimum Gasteiger partial charge on any atom is -0.349 e. The van der Waals surface area contributed by atoms with E-state index in [-0.39, 0.29) is 17.7 Å². The van der Waals surface area contributed by atoms with Crippen molar-refractivity contribution in [3.8, 4) is 0 Å². The Morgan fingerprint density at radius 3 is 2.41 bits per heavy atom. The lowest BCUT2D eigenvalue weighted by Crippen LogP contribution is -2.31. The summed E-state index contributed by atoms with van der Waals surface area (Å²) in [7, 11) is 5.41. The quantitative estimate of drug-likeness (QED) is 0.808. The van der Waals surface area contributed by atoms with Crippen molar-refractivity contribution in [3.05, 3.63) is 63.2 Å². The summed E-state index contributed by atoms with van der Waals surface area (Å²) in [5, 5.41) is 3.79. The first-order chi connectivity index (χ1) is 13.7. The first-order valence-corrected chi connectivity index (χ1v) is 10.2. The Kier molecular flexibility index (Phi) is 6.30. The van der Waals surface area contributed by atoms with Gasteiger partial charge in [0.25, 0.3) is 5.91 Å². The third-order valence-corrected chi connectivity index (χ3v) is 5.82. The van der Waals surface area contributed by atoms with Gasteiger partial charge in [0.1, 0.15) is 0 Å². The number of nitrogens with one attached hydrogen (secondary N) is 1. The van der Waals surface area contributed by atoms with Crippen LogP contribution in [0.2, 0.25) is 5.02 Å². The number of carbonyl (C=O) groups is 2. The topological polar surface area (TPSA) is 52.7 Å². The van der Waals surface area contributed by atoms with Gasteiger partial charge < -0.3 is 15.1 Å². The van der Waals surface area contributed by atoms with Crippen LogP contribution in [0.4, 0.5) is 5.69 Å². The molecule has 5 nitrogen and oxygen atoms in total. The molecule has 0 saturated carbocycles. The van der Waals surface area contributed by atoms with Crippen LogP contribution in [0.5, 0.6) is 0 Å². The average molecular weight is 414 g/mol. The van der Waals surface area contributed by atoms with Crippen molar-refractivity contribution < 1.29 is 9.59 Å². The van der Waals surface area contributed by atoms with Crippen molar-refractivity contribution >= 4 is 29.1 Å². The van der Waals surface area contributed by atoms with E-state index in [9.17, 15) is 9.59 Å². The Hall–Kier alpha value is -2.37. The van der Waals surface area contributed by atoms with Crippen LogP contribution in [0.25, 0.3) is 0 Å². The van der Waals surface area contributed by atoms with Crippen LogP contribution in [-0.2, 0) is 11.3 Å². The van der Waals surface area contributed by atoms with Gasteiger partial charge in [0.05, 0.1) is 0 Å². The molecule has 0 radical (unpaired) electrons. The molecular formula is C23H28ClN3O2. The summed E-state index contributed by atoms with van der Waals surface area (Å²) in [6.45, 7) is 5.32. The van der Waals surface area contributed by atoms with Gasteiger partial charge in [0, 0.05) is 55.8 Å². The van der Waals surface area contributed by atoms with E-state index in [0.717, 1.165) is 28.9 Å². The van der Waals surface area contributed by atoms with Crippen LogP contribution in [-0.4, -0.2) is 44.4 Å². The second-order valence-electron chi connectivity index (χ2n) is 7.93. The fourth-order valence-electron chi connectivity index (χ4n) is 4.00. The third kappa shape index (κ3) is 4.31. The minimum absolute atomic E-state index is 0.0401. The maximum atomic E-state index is 13.4. The number of halogens is 1. The fraction of sp³-hybridized carbons (Fsp3) is 0.391. The van der Waals surface area contributed by atoms with Crippen LogP contribution >= 0.6 is 11.6 Å². The molecule has 1 aliphatic heterocycles. The Bertz CT molecular complexity index is 932. The number of aryl methyl sites for hydroxylation is 2. The summed E-state index contributed by atoms with van der Waals surface area (Å²) in [5.41, 5.74) is 5.87. The number of anilines is 1. The highest BCUT2D eigenvalue weighted by molar-refractivity contribution is 6.30. The minimum atomic E-state index is -0.0618. The number of benzene rings is 2. The third-order valence-electron chi connectivity index (χ3n) is 5.58. The number of nitrogens with zero attached hydrogens (tertiary/aromatic N) is 2. The molecule has 0 saturated heterocycles. The molecule has 0 fully saturated rings. The molecule has 29 heavy (non-hydrogen) atoms. The average Bonchev–Trinajstić information content (AvgIpc) is 3.01. The SMILES string of the molecule is CNCc1c(C)cc(C(=O)N2CC(CC(=O)N(C)C)c3cc(Cl)ccc32)cc1C. The monoisotopic (exact) mass is 413 g/mol. The van der Waals surface area contributed by atoms with Crippen molar-refractivity contribution in [3.63, 3.8) is 0 Å². The zero-order valence-electron chi connectivity index (χ0n) is 17.7. The first-order valence-electron chi connectivity index (χ1n) is 9.79. The van der Waals surface area contributed by atoms with Crippen molar-refractivity contribution in [2.24, 2.45) is 0 Å². The van der Waals surface area contributed by atoms with Crippen LogP contribution in [0.1, 0.15) is 45.0 Å². The van der Waals surface area contributed by atoms with E-state index in [0.29, 0.717) is 23.6 Å². The van der Waals surface area contributed by atoms with Gasteiger partial charge >= 0.3 is 0 Å². The lowest BCUT2D eigenvalue weighted by Gasteiger charge is -2.20. The predicted molar refractivity (Wildman–Crippen MR) is 118 cm³/mol. The van der Waals surface area contributed by atoms with Crippen molar-refractivity contribution in [2.45, 2.75) is 32.7 Å². The van der Waals surface area contributed by atoms with E-state index in [2.05, 4.69) is 5.32 Å². The van der Waals surface area contributed by atoms with Crippen molar-refractivity contribution in [1.29, 1.82) is 0 Å². The van der Waals surface area contributed by atoms with Crippen LogP contribution in [0.3, 0.4) is 0 Å². The fourth-order valence-corrected chi connectivity index (χ4v) is 4.18. The summed E-state index contributed by atoms with van der Waals surface area (Å²) < 4.78 is 0. The van der Waals surface area contributed by atoms with E-state index in [1.807, 2.05) is 45.2 Å². The summed E-state index contributed by atoms with van der Waals surface area (Å²) in [4.78, 5) is 29.1. The van der Waals surface area contributed by atoms with Gasteiger partial charge in [-0.15, -0.1) is 0 Å². The van der Waals surface area contributed by atoms with E-state index in [1.54, 1.807) is 30.0 Å². The lowest BCUT2D eigenvalue weighted by molar-refractivity contribution is -0.129. The normalized spacial score (nSPS) is 15.4. The molecule has 2 aromatic carbocycles. The molecule has 1 heterocycles. The molecule has 1 N–H and O–H groups in total. The Morgan fingerprint density at radius 2 is 1.83 bits per heavy atom. The number of hydrogen-bond acceptors (Lipinski definition) is 3. The number of fused-ring (bicyclic) bond motifs is 1. The largest absolute Gasteiger partial charge is 0.349 e. The molecule has 0 aromatic heterocycles. The molecule has 0 bridgehead atoms. The maximum absolute atomic E-state index is 13.4. The molecule has 0 spiro atoms. The van der Waals surface area contributed by atoms with Gasteiger partial charge in [-0.25, -0.2) is 0 Å². The number of rotatable bonds is 5. The Balaban J connectivity index is 1.95. The van der Waals surface area contributed by atoms with Gasteiger partial charge in [0.15, 0.2) is 0 Å². The highest BCUT2D eigenvalue weighted by Gasteiger charge is 2.34. The molecule has 154 valence electrons. The zero-order chi connectivity index (χ0) is 21.3.